The third-order valence-electron chi connectivity index (χ3n) is 3.01. The van der Waals surface area contributed by atoms with Crippen molar-refractivity contribution in [3.8, 4) is 0 Å². The molecule has 1 aromatic carbocycles. The first-order valence-electron chi connectivity index (χ1n) is 6.10. The summed E-state index contributed by atoms with van der Waals surface area (Å²) in [5.41, 5.74) is 8.67. The molecule has 0 heterocycles. The number of carbonyl (C=O) groups is 1. The van der Waals surface area contributed by atoms with Gasteiger partial charge in [0.05, 0.1) is 0 Å². The van der Waals surface area contributed by atoms with E-state index < -0.39 is 0 Å². The second-order valence-corrected chi connectivity index (χ2v) is 4.69. The maximum atomic E-state index is 11.8. The number of para-hydroxylation sites is 1. The van der Waals surface area contributed by atoms with Crippen LogP contribution < -0.4 is 11.1 Å². The molecule has 0 aliphatic rings. The summed E-state index contributed by atoms with van der Waals surface area (Å²) in [6.45, 7) is 6.71. The monoisotopic (exact) mass is 234 g/mol. The number of hydrogen-bond donors (Lipinski definition) is 2. The van der Waals surface area contributed by atoms with E-state index in [1.54, 1.807) is 0 Å². The Morgan fingerprint density at radius 3 is 2.47 bits per heavy atom. The number of nitrogens with one attached hydrogen (secondary N) is 1. The first-order chi connectivity index (χ1) is 8.04. The van der Waals surface area contributed by atoms with Gasteiger partial charge in [0.1, 0.15) is 0 Å². The largest absolute Gasteiger partial charge is 0.330 e. The second-order valence-electron chi connectivity index (χ2n) is 4.69. The van der Waals surface area contributed by atoms with E-state index in [4.69, 9.17) is 5.73 Å². The number of aryl methyl sites for hydroxylation is 2. The lowest BCUT2D eigenvalue weighted by Gasteiger charge is -2.12. The first-order valence-corrected chi connectivity index (χ1v) is 6.10. The Morgan fingerprint density at radius 1 is 1.35 bits per heavy atom. The minimum absolute atomic E-state index is 0.0719. The number of benzene rings is 1. The number of anilines is 1. The Hall–Kier alpha value is -1.35. The van der Waals surface area contributed by atoms with E-state index in [1.165, 1.54) is 0 Å². The lowest BCUT2D eigenvalue weighted by Crippen LogP contribution is -2.17. The molecule has 94 valence electrons. The Kier molecular flexibility index (Phi) is 5.16. The van der Waals surface area contributed by atoms with Crippen molar-refractivity contribution in [1.29, 1.82) is 0 Å². The fourth-order valence-electron chi connectivity index (χ4n) is 1.71. The lowest BCUT2D eigenvalue weighted by molar-refractivity contribution is -0.116. The Labute approximate surface area is 103 Å². The highest BCUT2D eigenvalue weighted by Crippen LogP contribution is 2.19. The van der Waals surface area contributed by atoms with Crippen LogP contribution in [0.15, 0.2) is 18.2 Å². The highest BCUT2D eigenvalue weighted by molar-refractivity contribution is 5.92. The van der Waals surface area contributed by atoms with Gasteiger partial charge in [-0.15, -0.1) is 0 Å². The molecule has 0 fully saturated rings. The van der Waals surface area contributed by atoms with Gasteiger partial charge in [0, 0.05) is 12.1 Å². The van der Waals surface area contributed by atoms with Crippen molar-refractivity contribution < 1.29 is 4.79 Å². The predicted molar refractivity (Wildman–Crippen MR) is 72.0 cm³/mol. The standard InChI is InChI=1S/C14H22N2O/c1-10(9-15)7-8-13(17)16-14-11(2)5-4-6-12(14)3/h4-6,10H,7-9,15H2,1-3H3,(H,16,17). The molecule has 0 radical (unpaired) electrons. The molecule has 0 aliphatic carbocycles. The normalized spacial score (nSPS) is 12.2. The summed E-state index contributed by atoms with van der Waals surface area (Å²) in [6, 6.07) is 6.01. The van der Waals surface area contributed by atoms with Crippen molar-refractivity contribution in [2.24, 2.45) is 11.7 Å². The van der Waals surface area contributed by atoms with Gasteiger partial charge < -0.3 is 11.1 Å². The molecule has 0 saturated carbocycles. The van der Waals surface area contributed by atoms with Gasteiger partial charge >= 0.3 is 0 Å². The van der Waals surface area contributed by atoms with Crippen LogP contribution in [-0.2, 0) is 4.79 Å². The van der Waals surface area contributed by atoms with Gasteiger partial charge in [0.25, 0.3) is 0 Å². The molecule has 1 amide bonds. The van der Waals surface area contributed by atoms with Crippen LogP contribution in [0.5, 0.6) is 0 Å². The van der Waals surface area contributed by atoms with Gasteiger partial charge in [-0.3, -0.25) is 4.79 Å². The quantitative estimate of drug-likeness (QED) is 0.822. The van der Waals surface area contributed by atoms with Crippen LogP contribution in [0, 0.1) is 19.8 Å². The van der Waals surface area contributed by atoms with Crippen molar-refractivity contribution >= 4 is 11.6 Å². The van der Waals surface area contributed by atoms with Crippen LogP contribution in [0.25, 0.3) is 0 Å². The highest BCUT2D eigenvalue weighted by atomic mass is 16.1. The van der Waals surface area contributed by atoms with E-state index >= 15 is 0 Å². The summed E-state index contributed by atoms with van der Waals surface area (Å²) in [5, 5.41) is 2.98. The Balaban J connectivity index is 2.56. The van der Waals surface area contributed by atoms with Crippen molar-refractivity contribution in [3.63, 3.8) is 0 Å². The topological polar surface area (TPSA) is 55.1 Å². The zero-order valence-electron chi connectivity index (χ0n) is 10.9. The van der Waals surface area contributed by atoms with Crippen LogP contribution in [0.3, 0.4) is 0 Å². The summed E-state index contributed by atoms with van der Waals surface area (Å²) in [7, 11) is 0. The average molecular weight is 234 g/mol. The molecule has 3 N–H and O–H groups in total. The number of hydrogen-bond acceptors (Lipinski definition) is 2. The summed E-state index contributed by atoms with van der Waals surface area (Å²) in [5.74, 6) is 0.474. The smallest absolute Gasteiger partial charge is 0.224 e. The molecule has 1 aromatic rings. The summed E-state index contributed by atoms with van der Waals surface area (Å²) < 4.78 is 0. The molecular weight excluding hydrogens is 212 g/mol. The molecule has 0 aliphatic heterocycles. The zero-order chi connectivity index (χ0) is 12.8. The Bertz CT molecular complexity index is 368. The predicted octanol–water partition coefficient (Wildman–Crippen LogP) is 2.62. The molecular formula is C14H22N2O. The summed E-state index contributed by atoms with van der Waals surface area (Å²) >= 11 is 0. The minimum atomic E-state index is 0.0719. The van der Waals surface area contributed by atoms with E-state index in [9.17, 15) is 4.79 Å². The van der Waals surface area contributed by atoms with E-state index in [2.05, 4.69) is 12.2 Å². The average Bonchev–Trinajstić information content (AvgIpc) is 2.31. The van der Waals surface area contributed by atoms with E-state index in [1.807, 2.05) is 32.0 Å². The molecule has 0 saturated heterocycles. The van der Waals surface area contributed by atoms with Crippen LogP contribution in [0.2, 0.25) is 0 Å². The number of carbonyl (C=O) groups excluding carboxylic acids is 1. The fourth-order valence-corrected chi connectivity index (χ4v) is 1.71. The van der Waals surface area contributed by atoms with Gasteiger partial charge in [-0.1, -0.05) is 25.1 Å². The van der Waals surface area contributed by atoms with Crippen LogP contribution in [-0.4, -0.2) is 12.5 Å². The van der Waals surface area contributed by atoms with Gasteiger partial charge in [0.2, 0.25) is 5.91 Å². The van der Waals surface area contributed by atoms with Crippen molar-refractivity contribution in [2.45, 2.75) is 33.6 Å². The SMILES string of the molecule is Cc1cccc(C)c1NC(=O)CCC(C)CN. The van der Waals surface area contributed by atoms with E-state index in [-0.39, 0.29) is 5.91 Å². The minimum Gasteiger partial charge on any atom is -0.330 e. The van der Waals surface area contributed by atoms with E-state index in [0.717, 1.165) is 23.2 Å². The molecule has 0 spiro atoms. The molecule has 1 atom stereocenters. The molecule has 17 heavy (non-hydrogen) atoms. The lowest BCUT2D eigenvalue weighted by atomic mass is 10.1. The fraction of sp³-hybridized carbons (Fsp3) is 0.500. The third kappa shape index (κ3) is 4.19. The van der Waals surface area contributed by atoms with Gasteiger partial charge in [-0.25, -0.2) is 0 Å². The van der Waals surface area contributed by atoms with Crippen LogP contribution >= 0.6 is 0 Å². The van der Waals surface area contributed by atoms with Gasteiger partial charge in [-0.05, 0) is 43.9 Å². The number of rotatable bonds is 5. The van der Waals surface area contributed by atoms with E-state index in [0.29, 0.717) is 18.9 Å². The van der Waals surface area contributed by atoms with Crippen molar-refractivity contribution in [3.05, 3.63) is 29.3 Å². The molecule has 1 rings (SSSR count). The maximum Gasteiger partial charge on any atom is 0.224 e. The van der Waals surface area contributed by atoms with Crippen LogP contribution in [0.4, 0.5) is 5.69 Å². The molecule has 3 nitrogen and oxygen atoms in total. The third-order valence-corrected chi connectivity index (χ3v) is 3.01. The molecule has 1 unspecified atom stereocenters. The number of amides is 1. The first kappa shape index (κ1) is 13.7. The molecule has 0 bridgehead atoms. The van der Waals surface area contributed by atoms with Gasteiger partial charge in [-0.2, -0.15) is 0 Å². The Morgan fingerprint density at radius 2 is 1.94 bits per heavy atom. The number of nitrogens with two attached hydrogens (primary N) is 1. The zero-order valence-corrected chi connectivity index (χ0v) is 10.9. The van der Waals surface area contributed by atoms with Crippen molar-refractivity contribution in [1.82, 2.24) is 0 Å². The summed E-state index contributed by atoms with van der Waals surface area (Å²) in [6.07, 6.45) is 1.37. The van der Waals surface area contributed by atoms with Crippen molar-refractivity contribution in [2.75, 3.05) is 11.9 Å². The van der Waals surface area contributed by atoms with Gasteiger partial charge in [0.15, 0.2) is 0 Å². The molecule has 3 heteroatoms. The van der Waals surface area contributed by atoms with Crippen LogP contribution in [0.1, 0.15) is 30.9 Å². The maximum absolute atomic E-state index is 11.8. The highest BCUT2D eigenvalue weighted by Gasteiger charge is 2.08. The summed E-state index contributed by atoms with van der Waals surface area (Å²) in [4.78, 5) is 11.8. The second kappa shape index (κ2) is 6.40. The molecule has 0 aromatic heterocycles.